The number of nitrogens with one attached hydrogen (secondary N) is 1. The van der Waals surface area contributed by atoms with E-state index in [-0.39, 0.29) is 12.0 Å². The maximum atomic E-state index is 13.1. The molecule has 1 amide bonds. The van der Waals surface area contributed by atoms with Gasteiger partial charge >= 0.3 is 6.18 Å². The molecule has 0 saturated heterocycles. The summed E-state index contributed by atoms with van der Waals surface area (Å²) in [6, 6.07) is 3.76. The monoisotopic (exact) mass is 269 g/mol. The lowest BCUT2D eigenvalue weighted by Crippen LogP contribution is -2.21. The largest absolute Gasteiger partial charge is 0.417 e. The quantitative estimate of drug-likeness (QED) is 0.895. The van der Waals surface area contributed by atoms with E-state index in [1.165, 1.54) is 24.7 Å². The number of H-pyrrole nitrogens is 1. The van der Waals surface area contributed by atoms with Gasteiger partial charge in [-0.3, -0.25) is 4.79 Å². The van der Waals surface area contributed by atoms with Crippen molar-refractivity contribution in [3.8, 4) is 0 Å². The summed E-state index contributed by atoms with van der Waals surface area (Å²) < 4.78 is 39.2. The van der Waals surface area contributed by atoms with Crippen LogP contribution in [0.2, 0.25) is 0 Å². The van der Waals surface area contributed by atoms with Gasteiger partial charge in [-0.2, -0.15) is 13.2 Å². The van der Waals surface area contributed by atoms with Crippen LogP contribution in [0.25, 0.3) is 0 Å². The third-order valence-corrected chi connectivity index (χ3v) is 2.64. The highest BCUT2D eigenvalue weighted by molar-refractivity contribution is 5.94. The van der Waals surface area contributed by atoms with Gasteiger partial charge in [-0.25, -0.2) is 4.98 Å². The summed E-state index contributed by atoms with van der Waals surface area (Å²) in [6.45, 7) is 0. The third kappa shape index (κ3) is 2.75. The Kier molecular flexibility index (Phi) is 3.28. The Balaban J connectivity index is 2.54. The van der Waals surface area contributed by atoms with E-state index in [9.17, 15) is 18.0 Å². The minimum Gasteiger partial charge on any atom is -0.366 e. The third-order valence-electron chi connectivity index (χ3n) is 2.64. The topological polar surface area (TPSA) is 71.8 Å². The van der Waals surface area contributed by atoms with Crippen LogP contribution >= 0.6 is 0 Å². The Morgan fingerprint density at radius 3 is 2.63 bits per heavy atom. The van der Waals surface area contributed by atoms with E-state index in [1.807, 2.05) is 0 Å². The van der Waals surface area contributed by atoms with Gasteiger partial charge in [0.05, 0.1) is 17.5 Å². The number of aromatic amines is 1. The van der Waals surface area contributed by atoms with Crippen LogP contribution in [0.3, 0.4) is 0 Å². The average Bonchev–Trinajstić information content (AvgIpc) is 2.80. The van der Waals surface area contributed by atoms with Crippen LogP contribution in [0, 0.1) is 0 Å². The standard InChI is InChI=1S/C12H10F3N3O/c13-12(14,15)10-7(4-8-5-17-6-18-8)2-1-3-9(10)11(16)19/h1-3,5-6H,4H2,(H2,16,19)(H,17,18). The van der Waals surface area contributed by atoms with Crippen LogP contribution in [0.15, 0.2) is 30.7 Å². The second-order valence-electron chi connectivity index (χ2n) is 3.96. The SMILES string of the molecule is NC(=O)c1cccc(Cc2cnc[nH]2)c1C(F)(F)F. The lowest BCUT2D eigenvalue weighted by Gasteiger charge is -2.15. The predicted octanol–water partition coefficient (Wildman–Crippen LogP) is 2.12. The van der Waals surface area contributed by atoms with Gasteiger partial charge in [-0.1, -0.05) is 12.1 Å². The van der Waals surface area contributed by atoms with Crippen molar-refractivity contribution in [1.82, 2.24) is 9.97 Å². The first-order valence-electron chi connectivity index (χ1n) is 5.35. The van der Waals surface area contributed by atoms with Crippen LogP contribution < -0.4 is 5.73 Å². The van der Waals surface area contributed by atoms with E-state index in [1.54, 1.807) is 0 Å². The average molecular weight is 269 g/mol. The summed E-state index contributed by atoms with van der Waals surface area (Å²) in [6.07, 6.45) is -1.84. The number of carbonyl (C=O) groups excluding carboxylic acids is 1. The minimum absolute atomic E-state index is 0.00400. The number of rotatable bonds is 3. The van der Waals surface area contributed by atoms with Crippen molar-refractivity contribution in [3.63, 3.8) is 0 Å². The van der Waals surface area contributed by atoms with Crippen molar-refractivity contribution in [2.75, 3.05) is 0 Å². The Labute approximate surface area is 106 Å². The number of hydrogen-bond donors (Lipinski definition) is 2. The van der Waals surface area contributed by atoms with E-state index in [0.29, 0.717) is 5.69 Å². The lowest BCUT2D eigenvalue weighted by atomic mass is 9.97. The molecular formula is C12H10F3N3O. The van der Waals surface area contributed by atoms with E-state index in [4.69, 9.17) is 5.73 Å². The fourth-order valence-electron chi connectivity index (χ4n) is 1.87. The molecule has 0 bridgehead atoms. The molecule has 3 N–H and O–H groups in total. The van der Waals surface area contributed by atoms with Crippen molar-refractivity contribution in [2.45, 2.75) is 12.6 Å². The van der Waals surface area contributed by atoms with Gasteiger partial charge in [0.2, 0.25) is 5.91 Å². The molecular weight excluding hydrogens is 259 g/mol. The van der Waals surface area contributed by atoms with Crippen molar-refractivity contribution < 1.29 is 18.0 Å². The van der Waals surface area contributed by atoms with Crippen LogP contribution in [0.1, 0.15) is 27.2 Å². The second-order valence-corrected chi connectivity index (χ2v) is 3.96. The molecule has 0 aliphatic carbocycles. The van der Waals surface area contributed by atoms with Crippen molar-refractivity contribution in [2.24, 2.45) is 5.73 Å². The summed E-state index contributed by atoms with van der Waals surface area (Å²) in [5.41, 5.74) is 3.98. The maximum Gasteiger partial charge on any atom is 0.417 e. The van der Waals surface area contributed by atoms with Crippen LogP contribution in [-0.4, -0.2) is 15.9 Å². The molecule has 0 spiro atoms. The molecule has 0 unspecified atom stereocenters. The van der Waals surface area contributed by atoms with Gasteiger partial charge in [0, 0.05) is 18.3 Å². The minimum atomic E-state index is -4.64. The molecule has 2 aromatic rings. The highest BCUT2D eigenvalue weighted by Crippen LogP contribution is 2.35. The molecule has 2 rings (SSSR count). The normalized spacial score (nSPS) is 11.5. The molecule has 4 nitrogen and oxygen atoms in total. The molecule has 1 aromatic heterocycles. The zero-order valence-electron chi connectivity index (χ0n) is 9.66. The van der Waals surface area contributed by atoms with Gasteiger partial charge in [0.1, 0.15) is 0 Å². The first kappa shape index (κ1) is 13.1. The molecule has 1 aromatic carbocycles. The number of imidazole rings is 1. The number of amides is 1. The summed E-state index contributed by atoms with van der Waals surface area (Å²) >= 11 is 0. The number of primary amides is 1. The number of benzene rings is 1. The zero-order valence-corrected chi connectivity index (χ0v) is 9.66. The molecule has 0 aliphatic rings. The number of aromatic nitrogens is 2. The van der Waals surface area contributed by atoms with Gasteiger partial charge in [0.25, 0.3) is 0 Å². The van der Waals surface area contributed by atoms with Gasteiger partial charge in [0.15, 0.2) is 0 Å². The van der Waals surface area contributed by atoms with Crippen LogP contribution in [0.5, 0.6) is 0 Å². The molecule has 19 heavy (non-hydrogen) atoms. The van der Waals surface area contributed by atoms with Crippen molar-refractivity contribution in [3.05, 3.63) is 53.1 Å². The number of hydrogen-bond acceptors (Lipinski definition) is 2. The fourth-order valence-corrected chi connectivity index (χ4v) is 1.87. The summed E-state index contributed by atoms with van der Waals surface area (Å²) in [5, 5.41) is 0. The van der Waals surface area contributed by atoms with Gasteiger partial charge in [-0.15, -0.1) is 0 Å². The lowest BCUT2D eigenvalue weighted by molar-refractivity contribution is -0.138. The Hall–Kier alpha value is -2.31. The van der Waals surface area contributed by atoms with Crippen molar-refractivity contribution >= 4 is 5.91 Å². The second kappa shape index (κ2) is 4.75. The van der Waals surface area contributed by atoms with Gasteiger partial charge in [-0.05, 0) is 11.6 Å². The molecule has 100 valence electrons. The highest BCUT2D eigenvalue weighted by Gasteiger charge is 2.37. The Morgan fingerprint density at radius 1 is 1.37 bits per heavy atom. The first-order valence-corrected chi connectivity index (χ1v) is 5.35. The Bertz CT molecular complexity index is 591. The van der Waals surface area contributed by atoms with Crippen LogP contribution in [-0.2, 0) is 12.6 Å². The molecule has 1 heterocycles. The zero-order chi connectivity index (χ0) is 14.0. The fraction of sp³-hybridized carbons (Fsp3) is 0.167. The summed E-state index contributed by atoms with van der Waals surface area (Å²) in [4.78, 5) is 17.6. The van der Waals surface area contributed by atoms with Gasteiger partial charge < -0.3 is 10.7 Å². The number of nitrogens with zero attached hydrogens (tertiary/aromatic N) is 1. The molecule has 7 heteroatoms. The number of nitrogens with two attached hydrogens (primary N) is 1. The van der Waals surface area contributed by atoms with Crippen LogP contribution in [0.4, 0.5) is 13.2 Å². The molecule has 0 saturated carbocycles. The molecule has 0 aliphatic heterocycles. The number of carbonyl (C=O) groups is 1. The van der Waals surface area contributed by atoms with Crippen molar-refractivity contribution in [1.29, 1.82) is 0 Å². The first-order chi connectivity index (χ1) is 8.89. The van der Waals surface area contributed by atoms with E-state index in [0.717, 1.165) is 6.07 Å². The molecule has 0 atom stereocenters. The smallest absolute Gasteiger partial charge is 0.366 e. The number of alkyl halides is 3. The van der Waals surface area contributed by atoms with E-state index < -0.39 is 23.2 Å². The van der Waals surface area contributed by atoms with E-state index >= 15 is 0 Å². The molecule has 0 fully saturated rings. The molecule has 0 radical (unpaired) electrons. The van der Waals surface area contributed by atoms with E-state index in [2.05, 4.69) is 9.97 Å². The highest BCUT2D eigenvalue weighted by atomic mass is 19.4. The summed E-state index contributed by atoms with van der Waals surface area (Å²) in [7, 11) is 0. The Morgan fingerprint density at radius 2 is 2.11 bits per heavy atom. The predicted molar refractivity (Wildman–Crippen MR) is 61.4 cm³/mol. The summed E-state index contributed by atoms with van der Waals surface area (Å²) in [5.74, 6) is -1.10. The maximum absolute atomic E-state index is 13.1. The number of halogens is 3.